The highest BCUT2D eigenvalue weighted by atomic mass is 16.5. The van der Waals surface area contributed by atoms with Gasteiger partial charge in [0.25, 0.3) is 0 Å². The quantitative estimate of drug-likeness (QED) is 0.544. The first-order chi connectivity index (χ1) is 18.1. The van der Waals surface area contributed by atoms with Crippen LogP contribution in [0.5, 0.6) is 0 Å². The fourth-order valence-corrected chi connectivity index (χ4v) is 5.33. The van der Waals surface area contributed by atoms with Gasteiger partial charge in [-0.2, -0.15) is 0 Å². The average Bonchev–Trinajstić information content (AvgIpc) is 3.17. The van der Waals surface area contributed by atoms with Crippen molar-refractivity contribution in [2.45, 2.75) is 37.9 Å². The molecule has 0 aliphatic carbocycles. The summed E-state index contributed by atoms with van der Waals surface area (Å²) in [7, 11) is 0. The summed E-state index contributed by atoms with van der Waals surface area (Å²) in [5.74, 6) is 2.54. The number of benzene rings is 1. The monoisotopic (exact) mass is 501 g/mol. The first kappa shape index (κ1) is 23.6. The molecule has 3 atom stereocenters. The van der Waals surface area contributed by atoms with Crippen molar-refractivity contribution >= 4 is 29.0 Å². The molecular formula is C27H31N7O3. The lowest BCUT2D eigenvalue weighted by atomic mass is 10.1. The molecule has 2 bridgehead atoms. The number of nitrogens with one attached hydrogen (secondary N) is 2. The second kappa shape index (κ2) is 10.3. The normalized spacial score (nSPS) is 23.1. The molecule has 2 aromatic heterocycles. The summed E-state index contributed by atoms with van der Waals surface area (Å²) in [5.41, 5.74) is 2.20. The van der Waals surface area contributed by atoms with Gasteiger partial charge in [0, 0.05) is 30.1 Å². The maximum Gasteiger partial charge on any atom is 0.323 e. The summed E-state index contributed by atoms with van der Waals surface area (Å²) in [5, 5.41) is 5.63. The Morgan fingerprint density at radius 3 is 2.43 bits per heavy atom. The first-order valence-electron chi connectivity index (χ1n) is 12.8. The number of ether oxygens (including phenoxy) is 2. The van der Waals surface area contributed by atoms with Crippen LogP contribution in [0.15, 0.2) is 54.9 Å². The summed E-state index contributed by atoms with van der Waals surface area (Å²) in [6.45, 7) is 5.79. The van der Waals surface area contributed by atoms with Crippen molar-refractivity contribution in [3.05, 3.63) is 54.9 Å². The summed E-state index contributed by atoms with van der Waals surface area (Å²) in [6.07, 6.45) is 5.50. The zero-order valence-corrected chi connectivity index (χ0v) is 20.8. The van der Waals surface area contributed by atoms with Crippen molar-refractivity contribution in [2.75, 3.05) is 53.4 Å². The molecule has 10 heteroatoms. The molecule has 10 nitrogen and oxygen atoms in total. The maximum absolute atomic E-state index is 12.4. The minimum Gasteiger partial charge on any atom is -0.377 e. The van der Waals surface area contributed by atoms with E-state index in [1.165, 1.54) is 0 Å². The summed E-state index contributed by atoms with van der Waals surface area (Å²) in [6, 6.07) is 13.9. The van der Waals surface area contributed by atoms with Gasteiger partial charge in [0.2, 0.25) is 0 Å². The topological polar surface area (TPSA) is 105 Å². The molecule has 1 aromatic carbocycles. The number of nitrogens with zero attached hydrogens (tertiary/aromatic N) is 5. The van der Waals surface area contributed by atoms with Gasteiger partial charge in [-0.25, -0.2) is 14.8 Å². The van der Waals surface area contributed by atoms with Gasteiger partial charge in [-0.05, 0) is 56.2 Å². The van der Waals surface area contributed by atoms with Crippen LogP contribution in [0.2, 0.25) is 0 Å². The Hall–Kier alpha value is -3.76. The van der Waals surface area contributed by atoms with Gasteiger partial charge in [0.05, 0.1) is 56.4 Å². The predicted molar refractivity (Wildman–Crippen MR) is 142 cm³/mol. The lowest BCUT2D eigenvalue weighted by molar-refractivity contribution is 0.0901. The van der Waals surface area contributed by atoms with Crippen molar-refractivity contribution in [3.8, 4) is 11.4 Å². The maximum atomic E-state index is 12.4. The molecule has 3 fully saturated rings. The number of rotatable bonds is 5. The van der Waals surface area contributed by atoms with Crippen molar-refractivity contribution < 1.29 is 14.3 Å². The molecule has 5 heterocycles. The highest BCUT2D eigenvalue weighted by molar-refractivity contribution is 5.99. The summed E-state index contributed by atoms with van der Waals surface area (Å²) in [4.78, 5) is 31.1. The first-order valence-corrected chi connectivity index (χ1v) is 12.8. The lowest BCUT2D eigenvalue weighted by Crippen LogP contribution is -2.47. The number of pyridine rings is 1. The van der Waals surface area contributed by atoms with Crippen molar-refractivity contribution in [1.29, 1.82) is 0 Å². The Morgan fingerprint density at radius 2 is 1.70 bits per heavy atom. The standard InChI is InChI=1S/C27H31N7O3/c1-18-15-36-12-11-33(18)24-13-25(34-22-8-9-23(34)17-37-16-22)32-26(31-24)19-4-6-20(7-5-19)29-27(35)30-21-3-2-10-28-14-21/h2-7,10,13-14,18,22-23H,8-9,11-12,15-17H2,1H3,(H2,29,30,35)/t18-,22?,23?/m1/s1. The number of aromatic nitrogens is 3. The molecule has 0 radical (unpaired) electrons. The zero-order valence-electron chi connectivity index (χ0n) is 20.8. The van der Waals surface area contributed by atoms with Crippen LogP contribution < -0.4 is 20.4 Å². The van der Waals surface area contributed by atoms with E-state index >= 15 is 0 Å². The third-order valence-corrected chi connectivity index (χ3v) is 7.19. The molecule has 192 valence electrons. The van der Waals surface area contributed by atoms with E-state index in [1.807, 2.05) is 24.3 Å². The number of morpholine rings is 2. The van der Waals surface area contributed by atoms with Crippen LogP contribution in [0.25, 0.3) is 11.4 Å². The second-order valence-electron chi connectivity index (χ2n) is 9.75. The molecular weight excluding hydrogens is 470 g/mol. The van der Waals surface area contributed by atoms with E-state index in [1.54, 1.807) is 24.5 Å². The third kappa shape index (κ3) is 5.07. The van der Waals surface area contributed by atoms with Crippen LogP contribution in [-0.2, 0) is 9.47 Å². The smallest absolute Gasteiger partial charge is 0.323 e. The molecule has 0 spiro atoms. The number of urea groups is 1. The van der Waals surface area contributed by atoms with Gasteiger partial charge in [-0.3, -0.25) is 4.98 Å². The van der Waals surface area contributed by atoms with Gasteiger partial charge >= 0.3 is 6.03 Å². The third-order valence-electron chi connectivity index (χ3n) is 7.19. The molecule has 3 aromatic rings. The Morgan fingerprint density at radius 1 is 0.946 bits per heavy atom. The van der Waals surface area contributed by atoms with Gasteiger partial charge < -0.3 is 29.9 Å². The number of anilines is 4. The number of carbonyl (C=O) groups excluding carboxylic acids is 1. The molecule has 3 aliphatic heterocycles. The Bertz CT molecular complexity index is 1220. The van der Waals surface area contributed by atoms with Crippen molar-refractivity contribution in [2.24, 2.45) is 0 Å². The van der Waals surface area contributed by atoms with Gasteiger partial charge in [-0.15, -0.1) is 0 Å². The highest BCUT2D eigenvalue weighted by Crippen LogP contribution is 2.36. The van der Waals surface area contributed by atoms with Gasteiger partial charge in [-0.1, -0.05) is 0 Å². The summed E-state index contributed by atoms with van der Waals surface area (Å²) >= 11 is 0. The van der Waals surface area contributed by atoms with Crippen LogP contribution >= 0.6 is 0 Å². The minimum atomic E-state index is -0.328. The van der Waals surface area contributed by atoms with E-state index in [0.717, 1.165) is 49.8 Å². The minimum absolute atomic E-state index is 0.232. The largest absolute Gasteiger partial charge is 0.377 e. The van der Waals surface area contributed by atoms with E-state index < -0.39 is 0 Å². The Labute approximate surface area is 216 Å². The number of hydrogen-bond acceptors (Lipinski definition) is 8. The van der Waals surface area contributed by atoms with E-state index in [0.29, 0.717) is 42.5 Å². The van der Waals surface area contributed by atoms with Crippen molar-refractivity contribution in [1.82, 2.24) is 15.0 Å². The SMILES string of the molecule is C[C@@H]1COCCN1c1cc(N2C3CCC2COC3)nc(-c2ccc(NC(=O)Nc3cccnc3)cc2)n1. The summed E-state index contributed by atoms with van der Waals surface area (Å²) < 4.78 is 11.5. The van der Waals surface area contributed by atoms with Gasteiger partial charge in [0.15, 0.2) is 5.82 Å². The Balaban J connectivity index is 1.27. The second-order valence-corrected chi connectivity index (χ2v) is 9.75. The molecule has 3 saturated heterocycles. The predicted octanol–water partition coefficient (Wildman–Crippen LogP) is 3.78. The average molecular weight is 502 g/mol. The highest BCUT2D eigenvalue weighted by Gasteiger charge is 2.39. The van der Waals surface area contributed by atoms with E-state index in [2.05, 4.69) is 38.4 Å². The number of hydrogen-bond donors (Lipinski definition) is 2. The van der Waals surface area contributed by atoms with E-state index in [4.69, 9.17) is 19.4 Å². The lowest BCUT2D eigenvalue weighted by Gasteiger charge is -2.38. The fraction of sp³-hybridized carbons (Fsp3) is 0.407. The van der Waals surface area contributed by atoms with E-state index in [9.17, 15) is 4.79 Å². The van der Waals surface area contributed by atoms with Crippen LogP contribution in [0.1, 0.15) is 19.8 Å². The number of fused-ring (bicyclic) bond motifs is 2. The van der Waals surface area contributed by atoms with Crippen LogP contribution in [0.4, 0.5) is 27.8 Å². The molecule has 3 aliphatic rings. The molecule has 2 unspecified atom stereocenters. The molecule has 2 N–H and O–H groups in total. The zero-order chi connectivity index (χ0) is 25.2. The molecule has 6 rings (SSSR count). The van der Waals surface area contributed by atoms with Crippen molar-refractivity contribution in [3.63, 3.8) is 0 Å². The van der Waals surface area contributed by atoms with Crippen LogP contribution in [0.3, 0.4) is 0 Å². The fourth-order valence-electron chi connectivity index (χ4n) is 5.33. The van der Waals surface area contributed by atoms with E-state index in [-0.39, 0.29) is 12.1 Å². The molecule has 37 heavy (non-hydrogen) atoms. The Kier molecular flexibility index (Phi) is 6.58. The van der Waals surface area contributed by atoms with Gasteiger partial charge in [0.1, 0.15) is 11.6 Å². The van der Waals surface area contributed by atoms with Crippen LogP contribution in [0, 0.1) is 0 Å². The molecule has 0 saturated carbocycles. The number of carbonyl (C=O) groups is 1. The molecule has 2 amide bonds. The van der Waals surface area contributed by atoms with Crippen LogP contribution in [-0.4, -0.2) is 72.1 Å². The number of amides is 2.